The second kappa shape index (κ2) is 7.45. The van der Waals surface area contributed by atoms with Crippen LogP contribution in [0.3, 0.4) is 0 Å². The molecule has 0 radical (unpaired) electrons. The van der Waals surface area contributed by atoms with E-state index < -0.39 is 0 Å². The van der Waals surface area contributed by atoms with Crippen molar-refractivity contribution in [1.82, 2.24) is 4.90 Å². The van der Waals surface area contributed by atoms with Crippen molar-refractivity contribution in [2.45, 2.75) is 18.8 Å². The van der Waals surface area contributed by atoms with E-state index in [4.69, 9.17) is 27.9 Å². The van der Waals surface area contributed by atoms with Crippen LogP contribution in [0.2, 0.25) is 10.0 Å². The first kappa shape index (κ1) is 17.1. The van der Waals surface area contributed by atoms with E-state index in [1.54, 1.807) is 12.1 Å². The summed E-state index contributed by atoms with van der Waals surface area (Å²) in [6.45, 7) is 1.47. The van der Waals surface area contributed by atoms with Crippen LogP contribution in [0.1, 0.15) is 34.7 Å². The molecule has 3 nitrogen and oxygen atoms in total. The van der Waals surface area contributed by atoms with Gasteiger partial charge in [-0.2, -0.15) is 0 Å². The summed E-state index contributed by atoms with van der Waals surface area (Å²) in [5, 5.41) is 0.708. The number of halogens is 2. The van der Waals surface area contributed by atoms with Crippen molar-refractivity contribution in [1.29, 1.82) is 0 Å². The van der Waals surface area contributed by atoms with Crippen LogP contribution in [0.5, 0.6) is 5.75 Å². The predicted octanol–water partition coefficient (Wildman–Crippen LogP) is 5.02. The number of hydrogen-bond donors (Lipinski definition) is 0. The summed E-state index contributed by atoms with van der Waals surface area (Å²) < 4.78 is 5.13. The molecule has 0 atom stereocenters. The molecular formula is C19H19Cl2NO2. The van der Waals surface area contributed by atoms with Crippen molar-refractivity contribution >= 4 is 29.1 Å². The lowest BCUT2D eigenvalue weighted by Gasteiger charge is -2.32. The van der Waals surface area contributed by atoms with Crippen LogP contribution in [0.25, 0.3) is 0 Å². The van der Waals surface area contributed by atoms with Gasteiger partial charge in [0.25, 0.3) is 5.91 Å². The van der Waals surface area contributed by atoms with Gasteiger partial charge in [0.1, 0.15) is 0 Å². The topological polar surface area (TPSA) is 29.5 Å². The standard InChI is InChI=1S/C19H19Cl2NO2/c1-24-18-16(20)11-15(12-17(18)21)19(23)22-9-7-14(8-10-22)13-5-3-2-4-6-13/h2-6,11-12,14H,7-10H2,1H3. The van der Waals surface area contributed by atoms with Crippen molar-refractivity contribution in [3.8, 4) is 5.75 Å². The van der Waals surface area contributed by atoms with E-state index in [-0.39, 0.29) is 5.91 Å². The molecule has 0 aromatic heterocycles. The molecule has 0 spiro atoms. The number of methoxy groups -OCH3 is 1. The maximum Gasteiger partial charge on any atom is 0.253 e. The maximum absolute atomic E-state index is 12.7. The van der Waals surface area contributed by atoms with E-state index in [9.17, 15) is 4.79 Å². The molecule has 126 valence electrons. The van der Waals surface area contributed by atoms with Gasteiger partial charge in [0.2, 0.25) is 0 Å². The lowest BCUT2D eigenvalue weighted by molar-refractivity contribution is 0.0713. The SMILES string of the molecule is COc1c(Cl)cc(C(=O)N2CCC(c3ccccc3)CC2)cc1Cl. The number of benzene rings is 2. The van der Waals surface area contributed by atoms with E-state index >= 15 is 0 Å². The highest BCUT2D eigenvalue weighted by molar-refractivity contribution is 6.37. The summed E-state index contributed by atoms with van der Waals surface area (Å²) >= 11 is 12.3. The monoisotopic (exact) mass is 363 g/mol. The fourth-order valence-corrected chi connectivity index (χ4v) is 3.84. The van der Waals surface area contributed by atoms with Gasteiger partial charge >= 0.3 is 0 Å². The fraction of sp³-hybridized carbons (Fsp3) is 0.316. The number of hydrogen-bond acceptors (Lipinski definition) is 2. The number of likely N-dealkylation sites (tertiary alicyclic amines) is 1. The Hall–Kier alpha value is -1.71. The van der Waals surface area contributed by atoms with Crippen molar-refractivity contribution < 1.29 is 9.53 Å². The predicted molar refractivity (Wildman–Crippen MR) is 97.3 cm³/mol. The van der Waals surface area contributed by atoms with Crippen LogP contribution in [0, 0.1) is 0 Å². The van der Waals surface area contributed by atoms with Crippen LogP contribution in [-0.4, -0.2) is 31.0 Å². The van der Waals surface area contributed by atoms with Crippen LogP contribution in [-0.2, 0) is 0 Å². The first-order valence-corrected chi connectivity index (χ1v) is 8.73. The Morgan fingerprint density at radius 1 is 1.08 bits per heavy atom. The minimum atomic E-state index is -0.0343. The Labute approximate surface area is 152 Å². The molecule has 0 unspecified atom stereocenters. The molecule has 2 aromatic rings. The molecule has 1 heterocycles. The van der Waals surface area contributed by atoms with Gasteiger partial charge < -0.3 is 9.64 Å². The molecule has 1 aliphatic heterocycles. The number of carbonyl (C=O) groups excluding carboxylic acids is 1. The molecule has 3 rings (SSSR count). The second-order valence-electron chi connectivity index (χ2n) is 5.95. The Bertz CT molecular complexity index is 702. The summed E-state index contributed by atoms with van der Waals surface area (Å²) in [7, 11) is 1.50. The Kier molecular flexibility index (Phi) is 5.32. The molecule has 24 heavy (non-hydrogen) atoms. The highest BCUT2D eigenvalue weighted by atomic mass is 35.5. The molecule has 0 saturated carbocycles. The van der Waals surface area contributed by atoms with Crippen molar-refractivity contribution in [3.05, 3.63) is 63.6 Å². The molecule has 0 N–H and O–H groups in total. The highest BCUT2D eigenvalue weighted by Crippen LogP contribution is 2.35. The summed E-state index contributed by atoms with van der Waals surface area (Å²) in [6, 6.07) is 13.7. The van der Waals surface area contributed by atoms with Gasteiger partial charge in [-0.3, -0.25) is 4.79 Å². The zero-order chi connectivity index (χ0) is 17.1. The average molecular weight is 364 g/mol. The molecule has 0 bridgehead atoms. The van der Waals surface area contributed by atoms with Gasteiger partial charge in [-0.05, 0) is 36.5 Å². The third-order valence-electron chi connectivity index (χ3n) is 4.50. The lowest BCUT2D eigenvalue weighted by atomic mass is 9.89. The third kappa shape index (κ3) is 3.52. The molecule has 1 fully saturated rings. The van der Waals surface area contributed by atoms with E-state index in [1.807, 2.05) is 11.0 Å². The van der Waals surface area contributed by atoms with Crippen molar-refractivity contribution in [2.24, 2.45) is 0 Å². The lowest BCUT2D eigenvalue weighted by Crippen LogP contribution is -2.37. The van der Waals surface area contributed by atoms with E-state index in [2.05, 4.69) is 24.3 Å². The molecule has 0 aliphatic carbocycles. The van der Waals surface area contributed by atoms with Crippen LogP contribution >= 0.6 is 23.2 Å². The van der Waals surface area contributed by atoms with Gasteiger partial charge in [0.15, 0.2) is 5.75 Å². The average Bonchev–Trinajstić information content (AvgIpc) is 2.62. The number of carbonyl (C=O) groups is 1. The highest BCUT2D eigenvalue weighted by Gasteiger charge is 2.25. The third-order valence-corrected chi connectivity index (χ3v) is 5.06. The van der Waals surface area contributed by atoms with E-state index in [0.29, 0.717) is 27.3 Å². The minimum absolute atomic E-state index is 0.0343. The van der Waals surface area contributed by atoms with Crippen LogP contribution in [0.4, 0.5) is 0 Å². The van der Waals surface area contributed by atoms with Crippen molar-refractivity contribution in [3.63, 3.8) is 0 Å². The number of ether oxygens (including phenoxy) is 1. The number of amides is 1. The zero-order valence-corrected chi connectivity index (χ0v) is 15.0. The van der Waals surface area contributed by atoms with E-state index in [1.165, 1.54) is 12.7 Å². The Balaban J connectivity index is 1.69. The molecule has 1 saturated heterocycles. The summed E-state index contributed by atoms with van der Waals surface area (Å²) in [6.07, 6.45) is 1.93. The maximum atomic E-state index is 12.7. The molecule has 1 amide bonds. The van der Waals surface area contributed by atoms with Gasteiger partial charge in [-0.1, -0.05) is 53.5 Å². The molecule has 5 heteroatoms. The quantitative estimate of drug-likeness (QED) is 0.765. The van der Waals surface area contributed by atoms with Gasteiger partial charge in [0.05, 0.1) is 17.2 Å². The normalized spacial score (nSPS) is 15.4. The smallest absolute Gasteiger partial charge is 0.253 e. The van der Waals surface area contributed by atoms with Crippen LogP contribution in [0.15, 0.2) is 42.5 Å². The summed E-state index contributed by atoms with van der Waals surface area (Å²) in [5.74, 6) is 0.879. The summed E-state index contributed by atoms with van der Waals surface area (Å²) in [5.41, 5.74) is 1.85. The Morgan fingerprint density at radius 3 is 2.21 bits per heavy atom. The van der Waals surface area contributed by atoms with Gasteiger partial charge in [-0.25, -0.2) is 0 Å². The van der Waals surface area contributed by atoms with Gasteiger partial charge in [0, 0.05) is 18.7 Å². The van der Waals surface area contributed by atoms with Crippen molar-refractivity contribution in [2.75, 3.05) is 20.2 Å². The number of nitrogens with zero attached hydrogens (tertiary/aromatic N) is 1. The molecule has 2 aromatic carbocycles. The van der Waals surface area contributed by atoms with E-state index in [0.717, 1.165) is 25.9 Å². The first-order valence-electron chi connectivity index (χ1n) is 7.97. The first-order chi connectivity index (χ1) is 11.6. The molecule has 1 aliphatic rings. The fourth-order valence-electron chi connectivity index (χ4n) is 3.20. The number of rotatable bonds is 3. The molecular weight excluding hydrogens is 345 g/mol. The Morgan fingerprint density at radius 2 is 1.67 bits per heavy atom. The zero-order valence-electron chi connectivity index (χ0n) is 13.5. The minimum Gasteiger partial charge on any atom is -0.494 e. The number of piperidine rings is 1. The van der Waals surface area contributed by atoms with Gasteiger partial charge in [-0.15, -0.1) is 0 Å². The largest absolute Gasteiger partial charge is 0.494 e. The summed E-state index contributed by atoms with van der Waals surface area (Å²) in [4.78, 5) is 14.6. The second-order valence-corrected chi connectivity index (χ2v) is 6.76. The van der Waals surface area contributed by atoms with Crippen LogP contribution < -0.4 is 4.74 Å².